The molecule has 2 atom stereocenters. The highest BCUT2D eigenvalue weighted by Gasteiger charge is 2.18. The Morgan fingerprint density at radius 2 is 0.734 bits per heavy atom. The first-order valence-corrected chi connectivity index (χ1v) is 28.3. The van der Waals surface area contributed by atoms with Crippen molar-refractivity contribution in [1.82, 2.24) is 5.32 Å². The summed E-state index contributed by atoms with van der Waals surface area (Å²) in [5, 5.41) is 22.9. The summed E-state index contributed by atoms with van der Waals surface area (Å²) >= 11 is 0. The summed E-state index contributed by atoms with van der Waals surface area (Å²) < 4.78 is 5.48. The number of unbranched alkanes of at least 4 members (excludes halogenated alkanes) is 37. The molecule has 0 aliphatic carbocycles. The van der Waals surface area contributed by atoms with E-state index in [4.69, 9.17) is 4.74 Å². The summed E-state index contributed by atoms with van der Waals surface area (Å²) in [6.45, 7) is 4.86. The van der Waals surface area contributed by atoms with Gasteiger partial charge in [-0.15, -0.1) is 0 Å². The van der Waals surface area contributed by atoms with Crippen molar-refractivity contribution >= 4 is 11.9 Å². The van der Waals surface area contributed by atoms with Gasteiger partial charge in [0.05, 0.1) is 25.4 Å². The molecule has 0 aromatic rings. The minimum Gasteiger partial charge on any atom is -0.466 e. The fourth-order valence-electron chi connectivity index (χ4n) is 8.50. The normalized spacial score (nSPS) is 12.9. The van der Waals surface area contributed by atoms with Crippen molar-refractivity contribution in [2.45, 2.75) is 309 Å². The van der Waals surface area contributed by atoms with Crippen LogP contribution in [0.3, 0.4) is 0 Å². The highest BCUT2D eigenvalue weighted by atomic mass is 16.5. The largest absolute Gasteiger partial charge is 0.466 e. The smallest absolute Gasteiger partial charge is 0.305 e. The van der Waals surface area contributed by atoms with Gasteiger partial charge in [-0.3, -0.25) is 9.59 Å². The zero-order valence-corrected chi connectivity index (χ0v) is 42.8. The molecule has 376 valence electrons. The minimum atomic E-state index is -0.847. The van der Waals surface area contributed by atoms with E-state index >= 15 is 0 Å². The van der Waals surface area contributed by atoms with Crippen LogP contribution in [0.5, 0.6) is 0 Å². The van der Waals surface area contributed by atoms with Crippen LogP contribution >= 0.6 is 0 Å². The Balaban J connectivity index is 3.41. The average molecular weight is 901 g/mol. The number of nitrogens with one attached hydrogen (secondary N) is 1. The van der Waals surface area contributed by atoms with Crippen LogP contribution in [0.25, 0.3) is 0 Å². The van der Waals surface area contributed by atoms with Crippen molar-refractivity contribution < 1.29 is 24.5 Å². The first kappa shape index (κ1) is 62.1. The van der Waals surface area contributed by atoms with Gasteiger partial charge in [-0.25, -0.2) is 0 Å². The van der Waals surface area contributed by atoms with Gasteiger partial charge in [-0.1, -0.05) is 237 Å². The van der Waals surface area contributed by atoms with E-state index in [9.17, 15) is 19.8 Å². The zero-order chi connectivity index (χ0) is 46.5. The summed E-state index contributed by atoms with van der Waals surface area (Å²) in [6.07, 6.45) is 66.0. The molecule has 0 aromatic heterocycles. The number of allylic oxidation sites excluding steroid dienone is 5. The molecular weight excluding hydrogens is 791 g/mol. The van der Waals surface area contributed by atoms with E-state index < -0.39 is 12.1 Å². The van der Waals surface area contributed by atoms with Gasteiger partial charge in [-0.2, -0.15) is 0 Å². The second-order valence-corrected chi connectivity index (χ2v) is 19.3. The molecule has 0 aromatic carbocycles. The number of hydrogen-bond acceptors (Lipinski definition) is 5. The highest BCUT2D eigenvalue weighted by molar-refractivity contribution is 5.76. The Hall–Kier alpha value is -1.92. The van der Waals surface area contributed by atoms with Crippen LogP contribution in [0.1, 0.15) is 296 Å². The molecule has 1 amide bonds. The van der Waals surface area contributed by atoms with Gasteiger partial charge in [-0.05, 0) is 83.5 Å². The van der Waals surface area contributed by atoms with Gasteiger partial charge in [0.2, 0.25) is 5.91 Å². The Labute approximate surface area is 398 Å². The Morgan fingerprint density at radius 3 is 1.11 bits per heavy atom. The Morgan fingerprint density at radius 1 is 0.422 bits per heavy atom. The van der Waals surface area contributed by atoms with Crippen molar-refractivity contribution in [1.29, 1.82) is 0 Å². The molecule has 0 spiro atoms. The van der Waals surface area contributed by atoms with Crippen molar-refractivity contribution in [3.8, 4) is 0 Å². The predicted molar refractivity (Wildman–Crippen MR) is 278 cm³/mol. The van der Waals surface area contributed by atoms with Gasteiger partial charge in [0.15, 0.2) is 0 Å². The number of rotatable bonds is 52. The van der Waals surface area contributed by atoms with Crippen molar-refractivity contribution in [3.63, 3.8) is 0 Å². The summed E-state index contributed by atoms with van der Waals surface area (Å²) in [5.74, 6) is -0.0752. The summed E-state index contributed by atoms with van der Waals surface area (Å²) in [6, 6.07) is -0.631. The number of aliphatic hydroxyl groups is 2. The molecule has 0 saturated heterocycles. The van der Waals surface area contributed by atoms with Crippen molar-refractivity contribution in [3.05, 3.63) is 36.5 Å². The van der Waals surface area contributed by atoms with Crippen LogP contribution in [0.2, 0.25) is 0 Å². The molecule has 64 heavy (non-hydrogen) atoms. The molecule has 6 nitrogen and oxygen atoms in total. The molecule has 0 aliphatic heterocycles. The molecule has 0 saturated carbocycles. The number of esters is 1. The molecular formula is C58H109NO5. The third kappa shape index (κ3) is 49.5. The first-order chi connectivity index (χ1) is 31.5. The topological polar surface area (TPSA) is 95.9 Å². The van der Waals surface area contributed by atoms with E-state index in [1.165, 1.54) is 218 Å². The molecule has 6 heteroatoms. The van der Waals surface area contributed by atoms with E-state index in [1.54, 1.807) is 6.08 Å². The van der Waals surface area contributed by atoms with Crippen LogP contribution in [-0.2, 0) is 14.3 Å². The average Bonchev–Trinajstić information content (AvgIpc) is 3.29. The monoisotopic (exact) mass is 900 g/mol. The Bertz CT molecular complexity index is 1040. The number of ether oxygens (including phenoxy) is 1. The van der Waals surface area contributed by atoms with E-state index in [0.717, 1.165) is 51.4 Å². The second-order valence-electron chi connectivity index (χ2n) is 19.3. The maximum atomic E-state index is 12.4. The SMILES string of the molecule is CCCCCCCC/C=C\CCCCCCCCCC(=O)OCCCCCCCCCCCC/C=C\CCCCCCCCCC(=O)NC(CO)C(O)/C=C/CCCCCCCCC. The lowest BCUT2D eigenvalue weighted by atomic mass is 10.0. The van der Waals surface area contributed by atoms with Crippen LogP contribution in [0.15, 0.2) is 36.5 Å². The van der Waals surface area contributed by atoms with Gasteiger partial charge in [0.25, 0.3) is 0 Å². The molecule has 0 radical (unpaired) electrons. The quantitative estimate of drug-likeness (QED) is 0.0321. The van der Waals surface area contributed by atoms with Gasteiger partial charge >= 0.3 is 5.97 Å². The van der Waals surface area contributed by atoms with Gasteiger partial charge < -0.3 is 20.3 Å². The predicted octanol–water partition coefficient (Wildman–Crippen LogP) is 17.2. The van der Waals surface area contributed by atoms with Crippen LogP contribution in [0, 0.1) is 0 Å². The standard InChI is InChI=1S/C58H109NO5/c1-3-5-7-9-11-13-14-15-16-22-26-29-32-36-40-44-48-52-58(63)64-53-49-45-41-37-33-30-27-24-21-19-17-18-20-23-25-28-31-35-39-43-47-51-57(62)59-55(54-60)56(61)50-46-42-38-34-12-10-8-6-4-2/h15-16,18,20,46,50,55-56,60-61H,3-14,17,19,21-45,47-49,51-54H2,1-2H3,(H,59,62)/b16-15-,20-18-,50-46+. The van der Waals surface area contributed by atoms with Gasteiger partial charge in [0.1, 0.15) is 0 Å². The number of hydrogen-bond donors (Lipinski definition) is 3. The number of aliphatic hydroxyl groups excluding tert-OH is 2. The Kier molecular flexibility index (Phi) is 52.1. The lowest BCUT2D eigenvalue weighted by molar-refractivity contribution is -0.143. The zero-order valence-electron chi connectivity index (χ0n) is 42.8. The third-order valence-corrected chi connectivity index (χ3v) is 12.9. The lowest BCUT2D eigenvalue weighted by Gasteiger charge is -2.20. The van der Waals surface area contributed by atoms with Crippen LogP contribution < -0.4 is 5.32 Å². The highest BCUT2D eigenvalue weighted by Crippen LogP contribution is 2.15. The van der Waals surface area contributed by atoms with E-state index in [1.807, 2.05) is 6.08 Å². The number of carbonyl (C=O) groups is 2. The lowest BCUT2D eigenvalue weighted by Crippen LogP contribution is -2.45. The molecule has 3 N–H and O–H groups in total. The molecule has 0 aliphatic rings. The van der Waals surface area contributed by atoms with E-state index in [2.05, 4.69) is 43.5 Å². The first-order valence-electron chi connectivity index (χ1n) is 28.3. The third-order valence-electron chi connectivity index (χ3n) is 12.9. The molecule has 0 heterocycles. The van der Waals surface area contributed by atoms with Crippen molar-refractivity contribution in [2.75, 3.05) is 13.2 Å². The van der Waals surface area contributed by atoms with E-state index in [0.29, 0.717) is 19.4 Å². The maximum absolute atomic E-state index is 12.4. The minimum absolute atomic E-state index is 0.00369. The molecule has 0 fully saturated rings. The maximum Gasteiger partial charge on any atom is 0.305 e. The fourth-order valence-corrected chi connectivity index (χ4v) is 8.50. The fraction of sp³-hybridized carbons (Fsp3) is 0.862. The summed E-state index contributed by atoms with van der Waals surface area (Å²) in [4.78, 5) is 24.4. The second kappa shape index (κ2) is 53.7. The van der Waals surface area contributed by atoms with Crippen molar-refractivity contribution in [2.24, 2.45) is 0 Å². The van der Waals surface area contributed by atoms with E-state index in [-0.39, 0.29) is 18.5 Å². The molecule has 2 unspecified atom stereocenters. The van der Waals surface area contributed by atoms with Crippen LogP contribution in [0.4, 0.5) is 0 Å². The molecule has 0 rings (SSSR count). The summed E-state index contributed by atoms with van der Waals surface area (Å²) in [7, 11) is 0. The molecule has 0 bridgehead atoms. The number of amides is 1. The number of carbonyl (C=O) groups excluding carboxylic acids is 2. The van der Waals surface area contributed by atoms with Crippen LogP contribution in [-0.4, -0.2) is 47.4 Å². The summed E-state index contributed by atoms with van der Waals surface area (Å²) in [5.41, 5.74) is 0. The van der Waals surface area contributed by atoms with Gasteiger partial charge in [0, 0.05) is 12.8 Å².